The van der Waals surface area contributed by atoms with Gasteiger partial charge in [-0.05, 0) is 40.5 Å². The van der Waals surface area contributed by atoms with Crippen molar-refractivity contribution in [2.45, 2.75) is 13.5 Å². The second-order valence-electron chi connectivity index (χ2n) is 4.20. The number of ether oxygens (including phenoxy) is 1. The molecule has 0 aliphatic rings. The van der Waals surface area contributed by atoms with Crippen molar-refractivity contribution in [2.75, 3.05) is 12.4 Å². The molecule has 0 saturated carbocycles. The van der Waals surface area contributed by atoms with Gasteiger partial charge in [-0.1, -0.05) is 11.3 Å². The maximum absolute atomic E-state index is 10.9. The molecule has 2 N–H and O–H groups in total. The van der Waals surface area contributed by atoms with Crippen molar-refractivity contribution in [1.82, 2.24) is 4.98 Å². The Bertz CT molecular complexity index is 687. The van der Waals surface area contributed by atoms with E-state index in [2.05, 4.69) is 26.2 Å². The van der Waals surface area contributed by atoms with Gasteiger partial charge in [0, 0.05) is 6.54 Å². The van der Waals surface area contributed by atoms with Crippen LogP contribution in [-0.2, 0) is 6.54 Å². The van der Waals surface area contributed by atoms with Gasteiger partial charge in [-0.15, -0.1) is 0 Å². The molecule has 0 atom stereocenters. The van der Waals surface area contributed by atoms with E-state index in [-0.39, 0.29) is 10.6 Å². The standard InChI is InChI=1S/C13H13BrN2O4S/c1-6-11(12(18)19)21-13(16-6)15-5-7-3-8(14)10(17)9(4-7)20-2/h3-4,17H,5H2,1-2H3,(H,15,16)(H,18,19)/p-1. The number of thiazole rings is 1. The molecule has 2 aromatic rings. The Hall–Kier alpha value is -1.80. The van der Waals surface area contributed by atoms with E-state index in [4.69, 9.17) is 4.74 Å². The van der Waals surface area contributed by atoms with Crippen molar-refractivity contribution in [3.05, 3.63) is 32.7 Å². The molecule has 0 unspecified atom stereocenters. The van der Waals surface area contributed by atoms with Gasteiger partial charge in [-0.25, -0.2) is 4.98 Å². The Morgan fingerprint density at radius 2 is 2.29 bits per heavy atom. The summed E-state index contributed by atoms with van der Waals surface area (Å²) in [6, 6.07) is 3.43. The van der Waals surface area contributed by atoms with Crippen molar-refractivity contribution in [2.24, 2.45) is 0 Å². The summed E-state index contributed by atoms with van der Waals surface area (Å²) >= 11 is 4.27. The fourth-order valence-electron chi connectivity index (χ4n) is 1.72. The lowest BCUT2D eigenvalue weighted by atomic mass is 10.2. The minimum Gasteiger partial charge on any atom is -0.544 e. The van der Waals surface area contributed by atoms with E-state index < -0.39 is 5.97 Å². The number of carbonyl (C=O) groups excluding carboxylic acids is 1. The zero-order valence-electron chi connectivity index (χ0n) is 11.3. The van der Waals surface area contributed by atoms with Crippen molar-refractivity contribution in [3.63, 3.8) is 0 Å². The number of methoxy groups -OCH3 is 1. The molecule has 6 nitrogen and oxygen atoms in total. The third-order valence-corrected chi connectivity index (χ3v) is 4.43. The molecule has 0 saturated heterocycles. The predicted molar refractivity (Wildman–Crippen MR) is 80.9 cm³/mol. The normalized spacial score (nSPS) is 10.4. The Morgan fingerprint density at radius 3 is 2.86 bits per heavy atom. The van der Waals surface area contributed by atoms with E-state index in [1.165, 1.54) is 7.11 Å². The third-order valence-electron chi connectivity index (χ3n) is 2.73. The van der Waals surface area contributed by atoms with Gasteiger partial charge in [-0.3, -0.25) is 0 Å². The molecule has 0 aliphatic heterocycles. The summed E-state index contributed by atoms with van der Waals surface area (Å²) in [6.07, 6.45) is 0. The van der Waals surface area contributed by atoms with Crippen molar-refractivity contribution < 1.29 is 19.7 Å². The molecule has 112 valence electrons. The second-order valence-corrected chi connectivity index (χ2v) is 6.06. The van der Waals surface area contributed by atoms with Gasteiger partial charge >= 0.3 is 0 Å². The van der Waals surface area contributed by atoms with Crippen LogP contribution in [0.15, 0.2) is 16.6 Å². The number of carboxylic acids is 1. The fourth-order valence-corrected chi connectivity index (χ4v) is 3.01. The fraction of sp³-hybridized carbons (Fsp3) is 0.231. The van der Waals surface area contributed by atoms with Crippen LogP contribution in [0.5, 0.6) is 11.5 Å². The van der Waals surface area contributed by atoms with Crippen LogP contribution in [0.2, 0.25) is 0 Å². The molecule has 0 amide bonds. The largest absolute Gasteiger partial charge is 0.544 e. The number of halogens is 1. The summed E-state index contributed by atoms with van der Waals surface area (Å²) in [6.45, 7) is 2.03. The molecule has 0 bridgehead atoms. The van der Waals surface area contributed by atoms with Crippen molar-refractivity contribution in [1.29, 1.82) is 0 Å². The van der Waals surface area contributed by atoms with Crippen LogP contribution in [0.3, 0.4) is 0 Å². The number of hydrogen-bond acceptors (Lipinski definition) is 7. The molecule has 1 heterocycles. The van der Waals surface area contributed by atoms with Crippen LogP contribution in [-0.4, -0.2) is 23.2 Å². The van der Waals surface area contributed by atoms with E-state index in [0.29, 0.717) is 27.6 Å². The maximum Gasteiger partial charge on any atom is 0.183 e. The Balaban J connectivity index is 2.15. The third kappa shape index (κ3) is 3.45. The number of aromatic carboxylic acids is 1. The monoisotopic (exact) mass is 371 g/mol. The van der Waals surface area contributed by atoms with Crippen LogP contribution < -0.4 is 15.2 Å². The first-order valence-corrected chi connectivity index (χ1v) is 7.51. The number of aromatic hydroxyl groups is 1. The predicted octanol–water partition coefficient (Wildman–Crippen LogP) is 1.90. The molecule has 1 aromatic heterocycles. The van der Waals surface area contributed by atoms with Crippen molar-refractivity contribution in [3.8, 4) is 11.5 Å². The highest BCUT2D eigenvalue weighted by Gasteiger charge is 2.11. The highest BCUT2D eigenvalue weighted by Crippen LogP contribution is 2.35. The zero-order valence-corrected chi connectivity index (χ0v) is 13.7. The Labute approximate surface area is 133 Å². The Kier molecular flexibility index (Phi) is 4.69. The first-order chi connectivity index (χ1) is 9.92. The number of phenols is 1. The van der Waals surface area contributed by atoms with Gasteiger partial charge in [0.25, 0.3) is 0 Å². The average Bonchev–Trinajstić information content (AvgIpc) is 2.81. The van der Waals surface area contributed by atoms with Gasteiger partial charge in [-0.2, -0.15) is 0 Å². The van der Waals surface area contributed by atoms with Crippen LogP contribution in [0.25, 0.3) is 0 Å². The summed E-state index contributed by atoms with van der Waals surface area (Å²) in [5.74, 6) is -0.843. The number of nitrogens with zero attached hydrogens (tertiary/aromatic N) is 1. The van der Waals surface area contributed by atoms with E-state index in [0.717, 1.165) is 16.9 Å². The summed E-state index contributed by atoms with van der Waals surface area (Å²) in [4.78, 5) is 15.1. The van der Waals surface area contributed by atoms with Gasteiger partial charge in [0.05, 0.1) is 28.1 Å². The lowest BCUT2D eigenvalue weighted by Gasteiger charge is -2.09. The SMILES string of the molecule is COc1cc(CNc2nc(C)c(C(=O)[O-])s2)cc(Br)c1O. The van der Waals surface area contributed by atoms with Gasteiger partial charge < -0.3 is 25.1 Å². The number of rotatable bonds is 5. The van der Waals surface area contributed by atoms with Gasteiger partial charge in [0.15, 0.2) is 16.6 Å². The second kappa shape index (κ2) is 6.31. The summed E-state index contributed by atoms with van der Waals surface area (Å²) in [5, 5.41) is 24.1. The first-order valence-electron chi connectivity index (χ1n) is 5.90. The molecule has 0 fully saturated rings. The highest BCUT2D eigenvalue weighted by molar-refractivity contribution is 9.10. The molecule has 0 radical (unpaired) electrons. The van der Waals surface area contributed by atoms with E-state index in [9.17, 15) is 15.0 Å². The van der Waals surface area contributed by atoms with E-state index >= 15 is 0 Å². The number of hydrogen-bond donors (Lipinski definition) is 2. The number of aryl methyl sites for hydroxylation is 1. The molecular formula is C13H12BrN2O4S-. The number of benzene rings is 1. The maximum atomic E-state index is 10.9. The topological polar surface area (TPSA) is 94.5 Å². The van der Waals surface area contributed by atoms with Crippen LogP contribution in [0.4, 0.5) is 5.13 Å². The van der Waals surface area contributed by atoms with E-state index in [1.54, 1.807) is 19.1 Å². The highest BCUT2D eigenvalue weighted by atomic mass is 79.9. The van der Waals surface area contributed by atoms with Crippen LogP contribution in [0.1, 0.15) is 20.9 Å². The average molecular weight is 372 g/mol. The number of aromatic nitrogens is 1. The number of phenolic OH excluding ortho intramolecular Hbond substituents is 1. The minimum absolute atomic E-state index is 0.0329. The quantitative estimate of drug-likeness (QED) is 0.833. The molecule has 0 aliphatic carbocycles. The number of carboxylic acid groups (broad SMARTS) is 1. The minimum atomic E-state index is -1.23. The van der Waals surface area contributed by atoms with Crippen LogP contribution in [0, 0.1) is 6.92 Å². The molecule has 2 rings (SSSR count). The smallest absolute Gasteiger partial charge is 0.183 e. The van der Waals surface area contributed by atoms with Crippen LogP contribution >= 0.6 is 27.3 Å². The number of nitrogens with one attached hydrogen (secondary N) is 1. The summed E-state index contributed by atoms with van der Waals surface area (Å²) in [5.41, 5.74) is 1.27. The lowest BCUT2D eigenvalue weighted by molar-refractivity contribution is -0.254. The van der Waals surface area contributed by atoms with Gasteiger partial charge in [0.1, 0.15) is 0 Å². The number of anilines is 1. The first kappa shape index (κ1) is 15.6. The van der Waals surface area contributed by atoms with Gasteiger partial charge in [0.2, 0.25) is 0 Å². The molecular weight excluding hydrogens is 360 g/mol. The molecule has 21 heavy (non-hydrogen) atoms. The molecule has 1 aromatic carbocycles. The lowest BCUT2D eigenvalue weighted by Crippen LogP contribution is -2.21. The summed E-state index contributed by atoms with van der Waals surface area (Å²) < 4.78 is 5.58. The molecule has 8 heteroatoms. The summed E-state index contributed by atoms with van der Waals surface area (Å²) in [7, 11) is 1.47. The zero-order chi connectivity index (χ0) is 15.6. The Morgan fingerprint density at radius 1 is 1.57 bits per heavy atom. The van der Waals surface area contributed by atoms with Crippen molar-refractivity contribution >= 4 is 38.4 Å². The number of carbonyl (C=O) groups is 1. The van der Waals surface area contributed by atoms with E-state index in [1.807, 2.05) is 0 Å². The molecule has 0 spiro atoms.